The van der Waals surface area contributed by atoms with Crippen LogP contribution in [0.3, 0.4) is 0 Å². The molecule has 4 aromatic carbocycles. The lowest BCUT2D eigenvalue weighted by Gasteiger charge is -2.08. The van der Waals surface area contributed by atoms with Gasteiger partial charge in [0.2, 0.25) is 0 Å². The van der Waals surface area contributed by atoms with E-state index < -0.39 is 11.6 Å². The van der Waals surface area contributed by atoms with Crippen LogP contribution in [0, 0.1) is 11.6 Å². The van der Waals surface area contributed by atoms with Crippen LogP contribution in [-0.2, 0) is 6.42 Å². The van der Waals surface area contributed by atoms with Crippen molar-refractivity contribution >= 4 is 10.8 Å². The molecule has 0 amide bonds. The van der Waals surface area contributed by atoms with E-state index in [1.165, 1.54) is 28.5 Å². The molecule has 0 unspecified atom stereocenters. The van der Waals surface area contributed by atoms with Gasteiger partial charge in [0.15, 0.2) is 0 Å². The van der Waals surface area contributed by atoms with Crippen molar-refractivity contribution in [2.75, 3.05) is 0 Å². The zero-order valence-corrected chi connectivity index (χ0v) is 15.5. The molecule has 0 spiro atoms. The zero-order valence-electron chi connectivity index (χ0n) is 15.5. The lowest BCUT2D eigenvalue weighted by Crippen LogP contribution is -1.86. The zero-order chi connectivity index (χ0) is 19.5. The molecular formula is C26H20F2. The third kappa shape index (κ3) is 3.86. The minimum absolute atomic E-state index is 0.537. The van der Waals surface area contributed by atoms with Crippen LogP contribution in [0.15, 0.2) is 91.5 Å². The second-order valence-corrected chi connectivity index (χ2v) is 6.96. The maximum absolute atomic E-state index is 13.5. The first-order chi connectivity index (χ1) is 13.6. The van der Waals surface area contributed by atoms with Crippen molar-refractivity contribution in [2.45, 2.75) is 12.8 Å². The summed E-state index contributed by atoms with van der Waals surface area (Å²) >= 11 is 0. The first-order valence-electron chi connectivity index (χ1n) is 9.33. The molecule has 0 nitrogen and oxygen atoms in total. The monoisotopic (exact) mass is 370 g/mol. The number of aryl methyl sites for hydroxylation is 1. The summed E-state index contributed by atoms with van der Waals surface area (Å²) in [4.78, 5) is 0. The Morgan fingerprint density at radius 1 is 0.607 bits per heavy atom. The van der Waals surface area contributed by atoms with E-state index >= 15 is 0 Å². The van der Waals surface area contributed by atoms with Gasteiger partial charge < -0.3 is 0 Å². The van der Waals surface area contributed by atoms with Crippen LogP contribution >= 0.6 is 0 Å². The summed E-state index contributed by atoms with van der Waals surface area (Å²) in [6, 6.07) is 24.3. The van der Waals surface area contributed by atoms with E-state index in [4.69, 9.17) is 0 Å². The number of hydrogen-bond donors (Lipinski definition) is 0. The van der Waals surface area contributed by atoms with Crippen LogP contribution in [0.1, 0.15) is 12.0 Å². The Bertz CT molecular complexity index is 1120. The Kier molecular flexibility index (Phi) is 5.03. The third-order valence-corrected chi connectivity index (χ3v) is 4.96. The SMILES string of the molecule is C=CCCc1ccc2cc(-c3ccc(-c4cc(F)cc(F)c4)cc3)ccc2c1. The fourth-order valence-electron chi connectivity index (χ4n) is 3.47. The largest absolute Gasteiger partial charge is 0.207 e. The second-order valence-electron chi connectivity index (χ2n) is 6.96. The summed E-state index contributed by atoms with van der Waals surface area (Å²) in [5.74, 6) is -1.14. The number of benzene rings is 4. The number of hydrogen-bond acceptors (Lipinski definition) is 0. The van der Waals surface area contributed by atoms with Crippen molar-refractivity contribution in [3.63, 3.8) is 0 Å². The fourth-order valence-corrected chi connectivity index (χ4v) is 3.47. The maximum atomic E-state index is 13.5. The Balaban J connectivity index is 1.63. The fraction of sp³-hybridized carbons (Fsp3) is 0.0769. The molecule has 0 aliphatic carbocycles. The van der Waals surface area contributed by atoms with Crippen molar-refractivity contribution in [3.8, 4) is 22.3 Å². The van der Waals surface area contributed by atoms with Crippen LogP contribution in [0.5, 0.6) is 0 Å². The summed E-state index contributed by atoms with van der Waals surface area (Å²) in [7, 11) is 0. The topological polar surface area (TPSA) is 0 Å². The molecule has 0 heterocycles. The van der Waals surface area contributed by atoms with E-state index in [2.05, 4.69) is 43.0 Å². The predicted molar refractivity (Wildman–Crippen MR) is 113 cm³/mol. The molecule has 2 heteroatoms. The lowest BCUT2D eigenvalue weighted by atomic mass is 9.97. The van der Waals surface area contributed by atoms with Crippen molar-refractivity contribution < 1.29 is 8.78 Å². The summed E-state index contributed by atoms with van der Waals surface area (Å²) in [6.45, 7) is 3.78. The Hall–Kier alpha value is -3.26. The normalized spacial score (nSPS) is 10.9. The molecule has 4 aromatic rings. The minimum atomic E-state index is -0.568. The van der Waals surface area contributed by atoms with Crippen molar-refractivity contribution in [2.24, 2.45) is 0 Å². The number of halogens is 2. The average molecular weight is 370 g/mol. The first kappa shape index (κ1) is 18.1. The van der Waals surface area contributed by atoms with Crippen molar-refractivity contribution in [1.82, 2.24) is 0 Å². The summed E-state index contributed by atoms with van der Waals surface area (Å²) in [5.41, 5.74) is 4.82. The van der Waals surface area contributed by atoms with Gasteiger partial charge in [-0.05, 0) is 69.6 Å². The minimum Gasteiger partial charge on any atom is -0.207 e. The van der Waals surface area contributed by atoms with Crippen LogP contribution in [-0.4, -0.2) is 0 Å². The van der Waals surface area contributed by atoms with Gasteiger partial charge >= 0.3 is 0 Å². The van der Waals surface area contributed by atoms with Gasteiger partial charge in [-0.15, -0.1) is 6.58 Å². The highest BCUT2D eigenvalue weighted by molar-refractivity contribution is 5.88. The standard InChI is InChI=1S/C26H20F2/c1-2-3-4-18-5-6-23-14-22(12-11-21(23)13-18)19-7-9-20(10-8-19)24-15-25(27)17-26(28)16-24/h2,5-17H,1,3-4H2. The van der Waals surface area contributed by atoms with E-state index in [0.29, 0.717) is 5.56 Å². The first-order valence-corrected chi connectivity index (χ1v) is 9.33. The molecule has 0 fully saturated rings. The molecule has 0 aliphatic rings. The van der Waals surface area contributed by atoms with Gasteiger partial charge in [0.1, 0.15) is 11.6 Å². The van der Waals surface area contributed by atoms with Gasteiger partial charge in [-0.3, -0.25) is 0 Å². The van der Waals surface area contributed by atoms with E-state index in [1.807, 2.05) is 30.3 Å². The highest BCUT2D eigenvalue weighted by Crippen LogP contribution is 2.28. The molecule has 0 aromatic heterocycles. The van der Waals surface area contributed by atoms with E-state index in [1.54, 1.807) is 0 Å². The quantitative estimate of drug-likeness (QED) is 0.318. The van der Waals surface area contributed by atoms with Crippen LogP contribution in [0.2, 0.25) is 0 Å². The van der Waals surface area contributed by atoms with Crippen LogP contribution in [0.4, 0.5) is 8.78 Å². The van der Waals surface area contributed by atoms with E-state index in [-0.39, 0.29) is 0 Å². The second kappa shape index (κ2) is 7.77. The Morgan fingerprint density at radius 2 is 1.18 bits per heavy atom. The lowest BCUT2D eigenvalue weighted by molar-refractivity contribution is 0.584. The predicted octanol–water partition coefficient (Wildman–Crippen LogP) is 7.57. The van der Waals surface area contributed by atoms with Crippen LogP contribution in [0.25, 0.3) is 33.0 Å². The highest BCUT2D eigenvalue weighted by atomic mass is 19.1. The van der Waals surface area contributed by atoms with Gasteiger partial charge in [0.25, 0.3) is 0 Å². The summed E-state index contributed by atoms with van der Waals surface area (Å²) in [6.07, 6.45) is 3.92. The Labute approximate surface area is 163 Å². The van der Waals surface area contributed by atoms with Gasteiger partial charge in [-0.2, -0.15) is 0 Å². The molecule has 0 saturated heterocycles. The number of rotatable bonds is 5. The average Bonchev–Trinajstić information content (AvgIpc) is 2.71. The molecule has 0 atom stereocenters. The maximum Gasteiger partial charge on any atom is 0.126 e. The van der Waals surface area contributed by atoms with Crippen LogP contribution < -0.4 is 0 Å². The smallest absolute Gasteiger partial charge is 0.126 e. The molecule has 0 N–H and O–H groups in total. The summed E-state index contributed by atoms with van der Waals surface area (Å²) < 4.78 is 26.9. The van der Waals surface area contributed by atoms with Crippen molar-refractivity contribution in [3.05, 3.63) is 109 Å². The van der Waals surface area contributed by atoms with E-state index in [0.717, 1.165) is 35.6 Å². The van der Waals surface area contributed by atoms with Gasteiger partial charge in [0, 0.05) is 6.07 Å². The van der Waals surface area contributed by atoms with Gasteiger partial charge in [-0.1, -0.05) is 60.7 Å². The number of allylic oxidation sites excluding steroid dienone is 1. The molecule has 0 aliphatic heterocycles. The molecule has 0 saturated carbocycles. The molecule has 4 rings (SSSR count). The molecule has 0 radical (unpaired) electrons. The molecular weight excluding hydrogens is 350 g/mol. The van der Waals surface area contributed by atoms with Gasteiger partial charge in [0.05, 0.1) is 0 Å². The highest BCUT2D eigenvalue weighted by Gasteiger charge is 2.05. The summed E-state index contributed by atoms with van der Waals surface area (Å²) in [5, 5.41) is 2.41. The molecule has 138 valence electrons. The van der Waals surface area contributed by atoms with Gasteiger partial charge in [-0.25, -0.2) is 8.78 Å². The molecule has 0 bridgehead atoms. The molecule has 28 heavy (non-hydrogen) atoms. The Morgan fingerprint density at radius 3 is 1.86 bits per heavy atom. The third-order valence-electron chi connectivity index (χ3n) is 4.96. The van der Waals surface area contributed by atoms with Crippen molar-refractivity contribution in [1.29, 1.82) is 0 Å². The van der Waals surface area contributed by atoms with E-state index in [9.17, 15) is 8.78 Å². The number of fused-ring (bicyclic) bond motifs is 1.